The first-order valence-corrected chi connectivity index (χ1v) is 11.2. The fourth-order valence-electron chi connectivity index (χ4n) is 2.68. The SMILES string of the molecule is CN(C)Cc1ccc(CSCCN=C2Nc3ccccc3S(=O)(=O)N2C)o1. The summed E-state index contributed by atoms with van der Waals surface area (Å²) in [5, 5.41) is 3.10. The van der Waals surface area contributed by atoms with Gasteiger partial charge in [-0.15, -0.1) is 0 Å². The van der Waals surface area contributed by atoms with Crippen LogP contribution < -0.4 is 5.32 Å². The molecule has 0 bridgehead atoms. The lowest BCUT2D eigenvalue weighted by molar-refractivity contribution is 0.344. The van der Waals surface area contributed by atoms with Gasteiger partial charge in [-0.25, -0.2) is 12.7 Å². The molecule has 1 aliphatic heterocycles. The minimum atomic E-state index is -3.55. The normalized spacial score (nSPS) is 17.2. The highest BCUT2D eigenvalue weighted by Gasteiger charge is 2.31. The molecule has 0 amide bonds. The van der Waals surface area contributed by atoms with Crippen molar-refractivity contribution >= 4 is 33.4 Å². The second-order valence-corrected chi connectivity index (χ2v) is 9.50. The Hall–Kier alpha value is -1.97. The molecule has 7 nitrogen and oxygen atoms in total. The van der Waals surface area contributed by atoms with E-state index in [2.05, 4.69) is 15.2 Å². The number of guanidine groups is 1. The van der Waals surface area contributed by atoms with Crippen molar-refractivity contribution < 1.29 is 12.8 Å². The van der Waals surface area contributed by atoms with Crippen LogP contribution in [0.15, 0.2) is 50.7 Å². The average Bonchev–Trinajstić information content (AvgIpc) is 3.05. The first-order valence-electron chi connectivity index (χ1n) is 8.57. The highest BCUT2D eigenvalue weighted by atomic mass is 32.2. The van der Waals surface area contributed by atoms with Crippen LogP contribution in [0.3, 0.4) is 0 Å². The largest absolute Gasteiger partial charge is 0.464 e. The second-order valence-electron chi connectivity index (χ2n) is 6.46. The Balaban J connectivity index is 1.54. The molecule has 27 heavy (non-hydrogen) atoms. The van der Waals surface area contributed by atoms with E-state index in [-0.39, 0.29) is 4.90 Å². The number of anilines is 1. The molecule has 1 aliphatic rings. The van der Waals surface area contributed by atoms with Gasteiger partial charge in [0, 0.05) is 12.8 Å². The molecule has 2 heterocycles. The van der Waals surface area contributed by atoms with E-state index in [0.717, 1.165) is 29.6 Å². The van der Waals surface area contributed by atoms with Crippen LogP contribution in [-0.4, -0.2) is 57.0 Å². The van der Waals surface area contributed by atoms with Crippen molar-refractivity contribution in [1.29, 1.82) is 0 Å². The molecule has 9 heteroatoms. The third-order valence-electron chi connectivity index (χ3n) is 4.00. The standard InChI is InChI=1S/C18H24N4O3S2/c1-21(2)12-14-8-9-15(25-14)13-26-11-10-19-18-20-16-6-4-5-7-17(16)27(23,24)22(18)3/h4-9H,10-13H2,1-3H3,(H,19,20). The Labute approximate surface area is 164 Å². The van der Waals surface area contributed by atoms with E-state index in [1.54, 1.807) is 36.0 Å². The molecule has 0 fully saturated rings. The Bertz CT molecular complexity index is 922. The van der Waals surface area contributed by atoms with Crippen molar-refractivity contribution in [3.05, 3.63) is 47.9 Å². The molecule has 0 saturated heterocycles. The molecule has 1 aromatic heterocycles. The van der Waals surface area contributed by atoms with Crippen LogP contribution in [0, 0.1) is 0 Å². The summed E-state index contributed by atoms with van der Waals surface area (Å²) in [6.45, 7) is 1.30. The maximum atomic E-state index is 12.6. The lowest BCUT2D eigenvalue weighted by atomic mass is 10.3. The van der Waals surface area contributed by atoms with Gasteiger partial charge in [-0.1, -0.05) is 12.1 Å². The maximum Gasteiger partial charge on any atom is 0.268 e. The van der Waals surface area contributed by atoms with Crippen LogP contribution in [-0.2, 0) is 22.3 Å². The molecule has 0 radical (unpaired) electrons. The van der Waals surface area contributed by atoms with E-state index in [4.69, 9.17) is 4.42 Å². The minimum absolute atomic E-state index is 0.271. The van der Waals surface area contributed by atoms with Crippen molar-refractivity contribution in [2.45, 2.75) is 17.2 Å². The molecule has 1 aromatic carbocycles. The van der Waals surface area contributed by atoms with E-state index in [1.807, 2.05) is 26.2 Å². The van der Waals surface area contributed by atoms with Gasteiger partial charge in [0.25, 0.3) is 10.0 Å². The Morgan fingerprint density at radius 3 is 2.70 bits per heavy atom. The van der Waals surface area contributed by atoms with Gasteiger partial charge in [-0.3, -0.25) is 4.99 Å². The van der Waals surface area contributed by atoms with Gasteiger partial charge in [0.15, 0.2) is 0 Å². The van der Waals surface area contributed by atoms with Gasteiger partial charge in [0.1, 0.15) is 16.4 Å². The topological polar surface area (TPSA) is 78.2 Å². The molecule has 3 rings (SSSR count). The number of furan rings is 1. The summed E-state index contributed by atoms with van der Waals surface area (Å²) in [5.41, 5.74) is 0.561. The third-order valence-corrected chi connectivity index (χ3v) is 6.77. The van der Waals surface area contributed by atoms with Crippen LogP contribution in [0.1, 0.15) is 11.5 Å². The number of benzene rings is 1. The van der Waals surface area contributed by atoms with Crippen molar-refractivity contribution in [2.75, 3.05) is 38.8 Å². The smallest absolute Gasteiger partial charge is 0.268 e. The number of nitrogens with one attached hydrogen (secondary N) is 1. The first kappa shape index (κ1) is 19.8. The van der Waals surface area contributed by atoms with Crippen LogP contribution >= 0.6 is 11.8 Å². The van der Waals surface area contributed by atoms with Gasteiger partial charge >= 0.3 is 0 Å². The van der Waals surface area contributed by atoms with Gasteiger partial charge in [0.2, 0.25) is 5.96 Å². The summed E-state index contributed by atoms with van der Waals surface area (Å²) in [4.78, 5) is 6.76. The van der Waals surface area contributed by atoms with Crippen LogP contribution in [0.4, 0.5) is 5.69 Å². The summed E-state index contributed by atoms with van der Waals surface area (Å²) < 4.78 is 32.1. The molecule has 0 atom stereocenters. The molecular formula is C18H24N4O3S2. The summed E-state index contributed by atoms with van der Waals surface area (Å²) >= 11 is 1.70. The Morgan fingerprint density at radius 1 is 1.19 bits per heavy atom. The number of para-hydroxylation sites is 1. The van der Waals surface area contributed by atoms with Crippen molar-refractivity contribution in [3.8, 4) is 0 Å². The predicted octanol–water partition coefficient (Wildman–Crippen LogP) is 2.68. The minimum Gasteiger partial charge on any atom is -0.464 e. The van der Waals surface area contributed by atoms with Gasteiger partial charge in [-0.05, 0) is 38.4 Å². The number of nitrogens with zero attached hydrogens (tertiary/aromatic N) is 3. The molecule has 0 unspecified atom stereocenters. The van der Waals surface area contributed by atoms with E-state index in [1.165, 1.54) is 11.4 Å². The zero-order valence-electron chi connectivity index (χ0n) is 15.7. The fourth-order valence-corrected chi connectivity index (χ4v) is 4.67. The fraction of sp³-hybridized carbons (Fsp3) is 0.389. The lowest BCUT2D eigenvalue weighted by Gasteiger charge is -2.28. The molecule has 0 spiro atoms. The number of rotatable bonds is 7. The van der Waals surface area contributed by atoms with E-state index in [0.29, 0.717) is 18.2 Å². The summed E-state index contributed by atoms with van der Waals surface area (Å²) in [6.07, 6.45) is 0. The highest BCUT2D eigenvalue weighted by molar-refractivity contribution is 7.98. The molecule has 146 valence electrons. The van der Waals surface area contributed by atoms with E-state index in [9.17, 15) is 8.42 Å². The summed E-state index contributed by atoms with van der Waals surface area (Å²) in [6, 6.07) is 10.8. The second kappa shape index (κ2) is 8.37. The van der Waals surface area contributed by atoms with E-state index < -0.39 is 10.0 Å². The molecule has 2 aromatic rings. The highest BCUT2D eigenvalue weighted by Crippen LogP contribution is 2.28. The number of hydrogen-bond acceptors (Lipinski definition) is 6. The predicted molar refractivity (Wildman–Crippen MR) is 110 cm³/mol. The van der Waals surface area contributed by atoms with Gasteiger partial charge < -0.3 is 14.6 Å². The van der Waals surface area contributed by atoms with Crippen molar-refractivity contribution in [3.63, 3.8) is 0 Å². The quantitative estimate of drug-likeness (QED) is 0.710. The number of aliphatic imine (C=N–C) groups is 1. The number of thioether (sulfide) groups is 1. The Kier molecular flexibility index (Phi) is 6.13. The Morgan fingerprint density at radius 2 is 1.93 bits per heavy atom. The molecule has 0 saturated carbocycles. The van der Waals surface area contributed by atoms with Crippen molar-refractivity contribution in [1.82, 2.24) is 9.21 Å². The summed E-state index contributed by atoms with van der Waals surface area (Å²) in [5.74, 6) is 3.77. The monoisotopic (exact) mass is 408 g/mol. The molecule has 1 N–H and O–H groups in total. The third kappa shape index (κ3) is 4.66. The zero-order chi connectivity index (χ0) is 19.4. The van der Waals surface area contributed by atoms with Gasteiger partial charge in [-0.2, -0.15) is 11.8 Å². The van der Waals surface area contributed by atoms with E-state index >= 15 is 0 Å². The molecular weight excluding hydrogens is 384 g/mol. The maximum absolute atomic E-state index is 12.6. The number of sulfonamides is 1. The van der Waals surface area contributed by atoms with Crippen LogP contribution in [0.25, 0.3) is 0 Å². The zero-order valence-corrected chi connectivity index (χ0v) is 17.3. The first-order chi connectivity index (χ1) is 12.9. The van der Waals surface area contributed by atoms with Crippen LogP contribution in [0.5, 0.6) is 0 Å². The number of fused-ring (bicyclic) bond motifs is 1. The van der Waals surface area contributed by atoms with Crippen LogP contribution in [0.2, 0.25) is 0 Å². The molecule has 0 aliphatic carbocycles. The number of hydrogen-bond donors (Lipinski definition) is 1. The van der Waals surface area contributed by atoms with Gasteiger partial charge in [0.05, 0.1) is 24.5 Å². The lowest BCUT2D eigenvalue weighted by Crippen LogP contribution is -2.42. The van der Waals surface area contributed by atoms with Crippen molar-refractivity contribution in [2.24, 2.45) is 4.99 Å². The summed E-state index contributed by atoms with van der Waals surface area (Å²) in [7, 11) is 1.97. The average molecular weight is 409 g/mol.